The lowest BCUT2D eigenvalue weighted by atomic mass is 9.98. The summed E-state index contributed by atoms with van der Waals surface area (Å²) in [7, 11) is -4.57. The summed E-state index contributed by atoms with van der Waals surface area (Å²) in [6, 6.07) is 1.22. The molecular weight excluding hydrogens is 511 g/mol. The number of hydrogen-bond donors (Lipinski definition) is 4. The number of benzene rings is 1. The third-order valence-corrected chi connectivity index (χ3v) is 7.81. The van der Waals surface area contributed by atoms with Crippen LogP contribution in [0.2, 0.25) is 0 Å². The maximum atomic E-state index is 13.7. The van der Waals surface area contributed by atoms with Crippen molar-refractivity contribution in [2.24, 2.45) is 0 Å². The molecule has 2 unspecified atom stereocenters. The zero-order valence-corrected chi connectivity index (χ0v) is 20.7. The molecule has 35 heavy (non-hydrogen) atoms. The summed E-state index contributed by atoms with van der Waals surface area (Å²) in [6.45, 7) is 2.00. The van der Waals surface area contributed by atoms with E-state index in [4.69, 9.17) is 11.6 Å². The summed E-state index contributed by atoms with van der Waals surface area (Å²) in [5.41, 5.74) is 3.01. The minimum absolute atomic E-state index is 0.0666. The van der Waals surface area contributed by atoms with Gasteiger partial charge in [0.1, 0.15) is 12.6 Å². The number of carbonyl (C=O) groups excluding carboxylic acids is 2. The highest BCUT2D eigenvalue weighted by molar-refractivity contribution is 7.89. The third-order valence-electron chi connectivity index (χ3n) is 5.89. The van der Waals surface area contributed by atoms with Crippen LogP contribution in [0.15, 0.2) is 23.1 Å². The van der Waals surface area contributed by atoms with Crippen molar-refractivity contribution in [1.82, 2.24) is 20.5 Å². The molecule has 2 amide bonds. The van der Waals surface area contributed by atoms with Gasteiger partial charge in [-0.05, 0) is 50.4 Å². The summed E-state index contributed by atoms with van der Waals surface area (Å²) in [6.07, 6.45) is -2.95. The molecule has 2 fully saturated rings. The van der Waals surface area contributed by atoms with Crippen LogP contribution in [0.4, 0.5) is 18.9 Å². The van der Waals surface area contributed by atoms with Crippen LogP contribution in [0, 0.1) is 6.92 Å². The summed E-state index contributed by atoms with van der Waals surface area (Å²) in [5.74, 6) is -0.982. The SMILES string of the molecule is Cc1ccc(NC(=O)CN2NCC(Cl)CC2=O)cc1S(=O)(=O)N[C@@H](CC1CCCCN1)C(F)(F)F. The zero-order valence-electron chi connectivity index (χ0n) is 19.1. The van der Waals surface area contributed by atoms with E-state index in [1.165, 1.54) is 19.1 Å². The molecule has 0 aromatic heterocycles. The first-order valence-electron chi connectivity index (χ1n) is 11.3. The molecule has 0 spiro atoms. The molecule has 14 heteroatoms. The van der Waals surface area contributed by atoms with E-state index in [1.807, 2.05) is 4.72 Å². The van der Waals surface area contributed by atoms with Crippen LogP contribution in [-0.4, -0.2) is 68.5 Å². The Morgan fingerprint density at radius 2 is 2.06 bits per heavy atom. The standard InChI is InChI=1S/C21H29ClF3N5O4S/c1-13-5-6-16(28-19(31)12-30-20(32)8-14(22)11-27-30)9-17(13)35(33,34)29-18(21(23,24)25)10-15-4-2-3-7-26-15/h5-6,9,14-15,18,26-27,29H,2-4,7-8,10-12H2,1H3,(H,28,31)/t14?,15?,18-/m0/s1. The largest absolute Gasteiger partial charge is 0.404 e. The zero-order chi connectivity index (χ0) is 25.8. The summed E-state index contributed by atoms with van der Waals surface area (Å²) in [4.78, 5) is 24.0. The molecule has 9 nitrogen and oxygen atoms in total. The summed E-state index contributed by atoms with van der Waals surface area (Å²) in [5, 5.41) is 6.21. The molecule has 2 aliphatic rings. The van der Waals surface area contributed by atoms with Gasteiger partial charge >= 0.3 is 6.18 Å². The lowest BCUT2D eigenvalue weighted by Crippen LogP contribution is -2.53. The van der Waals surface area contributed by atoms with Crippen molar-refractivity contribution in [3.8, 4) is 0 Å². The number of nitrogens with zero attached hydrogens (tertiary/aromatic N) is 1. The van der Waals surface area contributed by atoms with E-state index in [2.05, 4.69) is 16.1 Å². The number of anilines is 1. The average Bonchev–Trinajstić information content (AvgIpc) is 2.76. The number of halogens is 4. The normalized spacial score (nSPS) is 22.7. The van der Waals surface area contributed by atoms with Crippen molar-refractivity contribution in [3.63, 3.8) is 0 Å². The number of sulfonamides is 1. The number of rotatable bonds is 8. The van der Waals surface area contributed by atoms with Gasteiger partial charge in [-0.15, -0.1) is 11.6 Å². The van der Waals surface area contributed by atoms with E-state index in [0.29, 0.717) is 19.5 Å². The number of alkyl halides is 4. The fraction of sp³-hybridized carbons (Fsp3) is 0.619. The molecule has 1 aromatic carbocycles. The Bertz CT molecular complexity index is 1030. The van der Waals surface area contributed by atoms with E-state index in [-0.39, 0.29) is 40.4 Å². The van der Waals surface area contributed by atoms with Gasteiger partial charge in [-0.1, -0.05) is 12.5 Å². The van der Waals surface area contributed by atoms with Gasteiger partial charge in [0.2, 0.25) is 21.8 Å². The molecule has 3 atom stereocenters. The van der Waals surface area contributed by atoms with E-state index < -0.39 is 40.6 Å². The van der Waals surface area contributed by atoms with Crippen LogP contribution in [0.1, 0.15) is 37.7 Å². The maximum Gasteiger partial charge on any atom is 0.404 e. The fourth-order valence-electron chi connectivity index (χ4n) is 4.03. The molecule has 1 aromatic rings. The smallest absolute Gasteiger partial charge is 0.324 e. The topological polar surface area (TPSA) is 120 Å². The number of piperidine rings is 1. The van der Waals surface area contributed by atoms with Gasteiger partial charge in [0.25, 0.3) is 0 Å². The van der Waals surface area contributed by atoms with Gasteiger partial charge in [-0.2, -0.15) is 17.9 Å². The fourth-order valence-corrected chi connectivity index (χ4v) is 5.74. The predicted octanol–water partition coefficient (Wildman–Crippen LogP) is 2.02. The second-order valence-electron chi connectivity index (χ2n) is 8.77. The van der Waals surface area contributed by atoms with Crippen LogP contribution < -0.4 is 20.8 Å². The van der Waals surface area contributed by atoms with Crippen LogP contribution >= 0.6 is 11.6 Å². The summed E-state index contributed by atoms with van der Waals surface area (Å²) < 4.78 is 68.8. The number of hydrogen-bond acceptors (Lipinski definition) is 6. The van der Waals surface area contributed by atoms with Crippen molar-refractivity contribution >= 4 is 39.1 Å². The first-order chi connectivity index (χ1) is 16.3. The molecule has 2 heterocycles. The average molecular weight is 540 g/mol. The van der Waals surface area contributed by atoms with Gasteiger partial charge in [0.05, 0.1) is 10.3 Å². The molecule has 0 aliphatic carbocycles. The minimum Gasteiger partial charge on any atom is -0.324 e. The Morgan fingerprint density at radius 1 is 1.31 bits per heavy atom. The quantitative estimate of drug-likeness (QED) is 0.375. The van der Waals surface area contributed by atoms with E-state index >= 15 is 0 Å². The minimum atomic E-state index is -4.78. The molecule has 196 valence electrons. The van der Waals surface area contributed by atoms with Crippen molar-refractivity contribution in [2.75, 3.05) is 25.0 Å². The van der Waals surface area contributed by atoms with Gasteiger partial charge in [-0.3, -0.25) is 14.6 Å². The molecular formula is C21H29ClF3N5O4S. The van der Waals surface area contributed by atoms with Gasteiger partial charge < -0.3 is 10.6 Å². The Balaban J connectivity index is 1.71. The highest BCUT2D eigenvalue weighted by Crippen LogP contribution is 2.28. The van der Waals surface area contributed by atoms with Gasteiger partial charge in [0.15, 0.2) is 0 Å². The van der Waals surface area contributed by atoms with Crippen LogP contribution in [0.5, 0.6) is 0 Å². The van der Waals surface area contributed by atoms with Crippen molar-refractivity contribution < 1.29 is 31.2 Å². The number of nitrogens with one attached hydrogen (secondary N) is 4. The van der Waals surface area contributed by atoms with Gasteiger partial charge in [-0.25, -0.2) is 13.8 Å². The summed E-state index contributed by atoms with van der Waals surface area (Å²) >= 11 is 5.89. The lowest BCUT2D eigenvalue weighted by molar-refractivity contribution is -0.154. The highest BCUT2D eigenvalue weighted by atomic mass is 35.5. The van der Waals surface area contributed by atoms with E-state index in [1.54, 1.807) is 0 Å². The second-order valence-corrected chi connectivity index (χ2v) is 11.1. The Morgan fingerprint density at radius 3 is 2.69 bits per heavy atom. The molecule has 2 aliphatic heterocycles. The second kappa shape index (κ2) is 11.4. The van der Waals surface area contributed by atoms with E-state index in [0.717, 1.165) is 23.9 Å². The van der Waals surface area contributed by atoms with Crippen molar-refractivity contribution in [1.29, 1.82) is 0 Å². The maximum absolute atomic E-state index is 13.7. The van der Waals surface area contributed by atoms with Crippen LogP contribution in [-0.2, 0) is 19.6 Å². The van der Waals surface area contributed by atoms with Crippen molar-refractivity contribution in [2.45, 2.75) is 67.6 Å². The highest BCUT2D eigenvalue weighted by Gasteiger charge is 2.43. The first-order valence-corrected chi connectivity index (χ1v) is 13.2. The van der Waals surface area contributed by atoms with Crippen LogP contribution in [0.3, 0.4) is 0 Å². The Labute approximate surface area is 207 Å². The Hall–Kier alpha value is -1.93. The number of amides is 2. The molecule has 0 bridgehead atoms. The molecule has 2 saturated heterocycles. The van der Waals surface area contributed by atoms with Crippen LogP contribution in [0.25, 0.3) is 0 Å². The lowest BCUT2D eigenvalue weighted by Gasteiger charge is -2.29. The predicted molar refractivity (Wildman–Crippen MR) is 124 cm³/mol. The molecule has 3 rings (SSSR count). The molecule has 0 radical (unpaired) electrons. The number of carbonyl (C=O) groups is 2. The van der Waals surface area contributed by atoms with Crippen molar-refractivity contribution in [3.05, 3.63) is 23.8 Å². The number of hydrazine groups is 1. The molecule has 0 saturated carbocycles. The monoisotopic (exact) mass is 539 g/mol. The van der Waals surface area contributed by atoms with Gasteiger partial charge in [0, 0.05) is 24.7 Å². The number of aryl methyl sites for hydroxylation is 1. The van der Waals surface area contributed by atoms with E-state index in [9.17, 15) is 31.2 Å². The third kappa shape index (κ3) is 7.78. The first kappa shape index (κ1) is 27.7. The Kier molecular flexibility index (Phi) is 9.02. The molecule has 4 N–H and O–H groups in total.